The minimum atomic E-state index is -3.96. The van der Waals surface area contributed by atoms with Gasteiger partial charge in [0.1, 0.15) is 12.6 Å². The molecule has 1 heterocycles. The van der Waals surface area contributed by atoms with Gasteiger partial charge in [0, 0.05) is 12.0 Å². The predicted molar refractivity (Wildman–Crippen MR) is 145 cm³/mol. The molecule has 4 bridgehead atoms. The Morgan fingerprint density at radius 3 is 2.36 bits per heavy atom. The van der Waals surface area contributed by atoms with Crippen LogP contribution in [0, 0.1) is 35.0 Å². The van der Waals surface area contributed by atoms with Crippen LogP contribution in [-0.4, -0.2) is 37.6 Å². The van der Waals surface area contributed by atoms with Crippen LogP contribution < -0.4 is 5.09 Å². The number of carbonyl (C=O) groups is 1. The number of nitrogens with zero attached hydrogens (tertiary/aromatic N) is 3. The van der Waals surface area contributed by atoms with Gasteiger partial charge < -0.3 is 14.0 Å². The van der Waals surface area contributed by atoms with Crippen LogP contribution in [0.3, 0.4) is 0 Å². The lowest BCUT2D eigenvalue weighted by atomic mass is 9.47. The van der Waals surface area contributed by atoms with Crippen LogP contribution in [0.5, 0.6) is 0 Å². The first-order valence-electron chi connectivity index (χ1n) is 14.1. The highest BCUT2D eigenvalue weighted by Gasteiger charge is 2.62. The second-order valence-electron chi connectivity index (χ2n) is 12.4. The van der Waals surface area contributed by atoms with Gasteiger partial charge in [0.25, 0.3) is 0 Å². The fourth-order valence-corrected chi connectivity index (χ4v) is 9.38. The molecule has 1 aromatic carbocycles. The summed E-state index contributed by atoms with van der Waals surface area (Å²) in [7, 11) is -2.72. The molecule has 0 amide bonds. The van der Waals surface area contributed by atoms with Crippen LogP contribution in [0.2, 0.25) is 0 Å². The maximum atomic E-state index is 13.5. The van der Waals surface area contributed by atoms with Crippen molar-refractivity contribution in [2.24, 2.45) is 40.1 Å². The largest absolute Gasteiger partial charge is 0.460 e. The van der Waals surface area contributed by atoms with Gasteiger partial charge in [-0.1, -0.05) is 49.3 Å². The summed E-state index contributed by atoms with van der Waals surface area (Å²) < 4.78 is 36.6. The van der Waals surface area contributed by atoms with Crippen LogP contribution in [-0.2, 0) is 34.5 Å². The fourth-order valence-electron chi connectivity index (χ4n) is 8.16. The molecule has 1 saturated heterocycles. The second kappa shape index (κ2) is 11.2. The van der Waals surface area contributed by atoms with Gasteiger partial charge in [-0.3, -0.25) is 9.32 Å². The SMILES string of the molecule is COP(=O)(NC(C)C(=O)OCc1ccccc1)OC[C@@]1(N=[N+]=[N-])O[C@@H](C23CC4CC(CC(C4)C2)C3)[C@H](C)[C@@H]1C. The number of azide groups is 1. The van der Waals surface area contributed by atoms with E-state index in [1.807, 2.05) is 37.3 Å². The molecule has 0 radical (unpaired) electrons. The summed E-state index contributed by atoms with van der Waals surface area (Å²) >= 11 is 0. The van der Waals surface area contributed by atoms with E-state index in [-0.39, 0.29) is 36.6 Å². The summed E-state index contributed by atoms with van der Waals surface area (Å²) in [5.74, 6) is 1.66. The first-order chi connectivity index (χ1) is 18.6. The van der Waals surface area contributed by atoms with Crippen molar-refractivity contribution in [3.8, 4) is 0 Å². The summed E-state index contributed by atoms with van der Waals surface area (Å²) in [4.78, 5) is 15.7. The lowest BCUT2D eigenvalue weighted by Gasteiger charge is -2.59. The Hall–Kier alpha value is -1.93. The molecule has 1 N–H and O–H groups in total. The van der Waals surface area contributed by atoms with E-state index in [4.69, 9.17) is 18.5 Å². The minimum absolute atomic E-state index is 0.0585. The van der Waals surface area contributed by atoms with Crippen LogP contribution in [0.15, 0.2) is 35.4 Å². The van der Waals surface area contributed by atoms with Crippen molar-refractivity contribution in [1.29, 1.82) is 0 Å². The topological polar surface area (TPSA) is 132 Å². The van der Waals surface area contributed by atoms with Crippen molar-refractivity contribution in [1.82, 2.24) is 5.09 Å². The van der Waals surface area contributed by atoms with E-state index >= 15 is 0 Å². The molecule has 2 unspecified atom stereocenters. The Labute approximate surface area is 230 Å². The number of esters is 1. The first kappa shape index (κ1) is 28.6. The van der Waals surface area contributed by atoms with Gasteiger partial charge in [-0.25, -0.2) is 9.65 Å². The van der Waals surface area contributed by atoms with Crippen molar-refractivity contribution in [2.45, 2.75) is 83.8 Å². The first-order valence-corrected chi connectivity index (χ1v) is 15.7. The zero-order chi connectivity index (χ0) is 27.8. The summed E-state index contributed by atoms with van der Waals surface area (Å²) in [6.45, 7) is 5.55. The Kier molecular flexibility index (Phi) is 8.18. The van der Waals surface area contributed by atoms with Gasteiger partial charge in [0.2, 0.25) is 0 Å². The zero-order valence-corrected chi connectivity index (χ0v) is 24.2. The average Bonchev–Trinajstić information content (AvgIpc) is 3.17. The standard InChI is InChI=1S/C28H41N4O6P/c1-18-19(2)28(31-32-29,38-25(18)27-13-22-10-23(14-27)12-24(11-22)15-27)17-37-39(34,35-4)30-20(3)26(33)36-16-21-8-6-5-7-9-21/h5-9,18-20,22-25H,10-17H2,1-4H3,(H,30,34)/t18-,19+,20?,22?,23?,24?,25-,27?,28-,39?/m1/s1. The van der Waals surface area contributed by atoms with Crippen LogP contribution in [0.25, 0.3) is 10.4 Å². The molecule has 5 aliphatic rings. The van der Waals surface area contributed by atoms with Gasteiger partial charge in [-0.15, -0.1) is 0 Å². The molecule has 10 nitrogen and oxygen atoms in total. The molecular weight excluding hydrogens is 519 g/mol. The van der Waals surface area contributed by atoms with Crippen LogP contribution in [0.1, 0.15) is 64.9 Å². The number of benzene rings is 1. The normalized spacial score (nSPS) is 39.1. The van der Waals surface area contributed by atoms with E-state index in [1.165, 1.54) is 33.3 Å². The second-order valence-corrected chi connectivity index (χ2v) is 14.3. The van der Waals surface area contributed by atoms with Crippen molar-refractivity contribution in [3.63, 3.8) is 0 Å². The van der Waals surface area contributed by atoms with Crippen LogP contribution in [0.4, 0.5) is 0 Å². The zero-order valence-electron chi connectivity index (χ0n) is 23.3. The molecule has 6 rings (SSSR count). The maximum absolute atomic E-state index is 13.5. The average molecular weight is 561 g/mol. The highest BCUT2D eigenvalue weighted by Crippen LogP contribution is 2.65. The molecular formula is C28H41N4O6P. The van der Waals surface area contributed by atoms with Gasteiger partial charge in [-0.05, 0) is 91.5 Å². The number of carbonyl (C=O) groups excluding carboxylic acids is 1. The smallest absolute Gasteiger partial charge is 0.406 e. The lowest BCUT2D eigenvalue weighted by molar-refractivity contribution is -0.173. The molecule has 5 fully saturated rings. The van der Waals surface area contributed by atoms with Gasteiger partial charge in [0.15, 0.2) is 5.72 Å². The summed E-state index contributed by atoms with van der Waals surface area (Å²) in [5, 5.41) is 6.77. The minimum Gasteiger partial charge on any atom is -0.460 e. The number of ether oxygens (including phenoxy) is 2. The molecule has 214 valence electrons. The fraction of sp³-hybridized carbons (Fsp3) is 0.750. The molecule has 4 aliphatic carbocycles. The van der Waals surface area contributed by atoms with E-state index in [2.05, 4.69) is 22.0 Å². The number of nitrogens with one attached hydrogen (secondary N) is 1. The Morgan fingerprint density at radius 1 is 1.18 bits per heavy atom. The Bertz CT molecular complexity index is 1110. The van der Waals surface area contributed by atoms with Crippen molar-refractivity contribution < 1.29 is 27.9 Å². The van der Waals surface area contributed by atoms with Gasteiger partial charge >= 0.3 is 13.7 Å². The summed E-state index contributed by atoms with van der Waals surface area (Å²) in [6, 6.07) is 8.34. The quantitative estimate of drug-likeness (QED) is 0.109. The number of hydrogen-bond acceptors (Lipinski definition) is 7. The molecule has 39 heavy (non-hydrogen) atoms. The third-order valence-corrected chi connectivity index (χ3v) is 11.5. The highest BCUT2D eigenvalue weighted by molar-refractivity contribution is 7.51. The Morgan fingerprint density at radius 2 is 1.79 bits per heavy atom. The van der Waals surface area contributed by atoms with E-state index in [1.54, 1.807) is 0 Å². The number of hydrogen-bond donors (Lipinski definition) is 1. The molecule has 0 aromatic heterocycles. The monoisotopic (exact) mass is 560 g/mol. The van der Waals surface area contributed by atoms with Crippen molar-refractivity contribution >= 4 is 13.7 Å². The van der Waals surface area contributed by atoms with Gasteiger partial charge in [0.05, 0.1) is 12.7 Å². The predicted octanol–water partition coefficient (Wildman–Crippen LogP) is 6.37. The third-order valence-electron chi connectivity index (χ3n) is 9.82. The van der Waals surface area contributed by atoms with Crippen LogP contribution >= 0.6 is 7.75 Å². The lowest BCUT2D eigenvalue weighted by Crippen LogP contribution is -2.53. The van der Waals surface area contributed by atoms with E-state index < -0.39 is 25.5 Å². The summed E-state index contributed by atoms with van der Waals surface area (Å²) in [5.41, 5.74) is 9.13. The Balaban J connectivity index is 1.26. The molecule has 1 aliphatic heterocycles. The molecule has 6 atom stereocenters. The highest BCUT2D eigenvalue weighted by atomic mass is 31.2. The van der Waals surface area contributed by atoms with E-state index in [0.717, 1.165) is 42.6 Å². The van der Waals surface area contributed by atoms with E-state index in [9.17, 15) is 14.9 Å². The molecule has 1 aromatic rings. The third kappa shape index (κ3) is 5.65. The molecule has 0 spiro atoms. The van der Waals surface area contributed by atoms with E-state index in [0.29, 0.717) is 0 Å². The van der Waals surface area contributed by atoms with Crippen molar-refractivity contribution in [3.05, 3.63) is 46.3 Å². The molecule has 4 saturated carbocycles. The summed E-state index contributed by atoms with van der Waals surface area (Å²) in [6.07, 6.45) is 7.41. The maximum Gasteiger partial charge on any atom is 0.406 e. The van der Waals surface area contributed by atoms with Gasteiger partial charge in [-0.2, -0.15) is 0 Å². The van der Waals surface area contributed by atoms with Crippen molar-refractivity contribution in [2.75, 3.05) is 13.7 Å². The number of rotatable bonds is 11. The molecule has 11 heteroatoms.